The van der Waals surface area contributed by atoms with Crippen LogP contribution in [0, 0.1) is 0 Å². The molecule has 0 aromatic carbocycles. The van der Waals surface area contributed by atoms with Gasteiger partial charge in [0.1, 0.15) is 0 Å². The average molecular weight is 283 g/mol. The van der Waals surface area contributed by atoms with E-state index in [4.69, 9.17) is 9.84 Å². The van der Waals surface area contributed by atoms with Gasteiger partial charge in [-0.15, -0.1) is 11.3 Å². The van der Waals surface area contributed by atoms with Gasteiger partial charge in [-0.1, -0.05) is 6.92 Å². The minimum Gasteiger partial charge on any atom is -0.481 e. The average Bonchev–Trinajstić information content (AvgIpc) is 2.85. The third-order valence-electron chi connectivity index (χ3n) is 3.15. The van der Waals surface area contributed by atoms with E-state index in [-0.39, 0.29) is 12.3 Å². The van der Waals surface area contributed by atoms with E-state index in [1.54, 1.807) is 4.90 Å². The lowest BCUT2D eigenvalue weighted by Gasteiger charge is -2.32. The van der Waals surface area contributed by atoms with E-state index in [1.807, 2.05) is 18.4 Å². The Bertz CT molecular complexity index is 471. The first-order valence-corrected chi connectivity index (χ1v) is 7.18. The molecule has 0 aliphatic carbocycles. The molecule has 0 bridgehead atoms. The second-order valence-electron chi connectivity index (χ2n) is 4.47. The lowest BCUT2D eigenvalue weighted by molar-refractivity contribution is -0.141. The fourth-order valence-corrected chi connectivity index (χ4v) is 3.13. The van der Waals surface area contributed by atoms with Gasteiger partial charge in [0.05, 0.1) is 24.0 Å². The van der Waals surface area contributed by atoms with Crippen LogP contribution in [0.4, 0.5) is 0 Å². The van der Waals surface area contributed by atoms with Crippen LogP contribution in [0.25, 0.3) is 0 Å². The topological polar surface area (TPSA) is 66.8 Å². The highest BCUT2D eigenvalue weighted by Crippen LogP contribution is 2.21. The van der Waals surface area contributed by atoms with Crippen LogP contribution in [-0.4, -0.2) is 47.7 Å². The lowest BCUT2D eigenvalue weighted by atomic mass is 10.1. The highest BCUT2D eigenvalue weighted by molar-refractivity contribution is 7.12. The quantitative estimate of drug-likeness (QED) is 0.912. The lowest BCUT2D eigenvalue weighted by Crippen LogP contribution is -2.46. The highest BCUT2D eigenvalue weighted by Gasteiger charge is 2.27. The van der Waals surface area contributed by atoms with E-state index in [1.165, 1.54) is 11.3 Å². The molecule has 1 amide bonds. The van der Waals surface area contributed by atoms with Crippen LogP contribution in [0.1, 0.15) is 28.6 Å². The Labute approximate surface area is 115 Å². The Morgan fingerprint density at radius 1 is 1.58 bits per heavy atom. The summed E-state index contributed by atoms with van der Waals surface area (Å²) in [5.74, 6) is -0.907. The van der Waals surface area contributed by atoms with Gasteiger partial charge in [0.2, 0.25) is 0 Å². The van der Waals surface area contributed by atoms with Crippen molar-refractivity contribution in [1.29, 1.82) is 0 Å². The van der Waals surface area contributed by atoms with Gasteiger partial charge in [-0.25, -0.2) is 0 Å². The Kier molecular flexibility index (Phi) is 4.55. The van der Waals surface area contributed by atoms with E-state index in [2.05, 4.69) is 0 Å². The van der Waals surface area contributed by atoms with Gasteiger partial charge in [0.25, 0.3) is 5.91 Å². The summed E-state index contributed by atoms with van der Waals surface area (Å²) in [4.78, 5) is 25.6. The second-order valence-corrected chi connectivity index (χ2v) is 5.39. The summed E-state index contributed by atoms with van der Waals surface area (Å²) in [5.41, 5.74) is 1.05. The van der Waals surface area contributed by atoms with E-state index in [0.29, 0.717) is 19.7 Å². The molecule has 1 unspecified atom stereocenters. The molecule has 19 heavy (non-hydrogen) atoms. The number of aryl methyl sites for hydroxylation is 1. The van der Waals surface area contributed by atoms with Crippen LogP contribution in [0.2, 0.25) is 0 Å². The number of rotatable bonds is 4. The maximum Gasteiger partial charge on any atom is 0.306 e. The number of carboxylic acids is 1. The summed E-state index contributed by atoms with van der Waals surface area (Å²) in [5, 5.41) is 10.7. The van der Waals surface area contributed by atoms with Crippen LogP contribution >= 0.6 is 11.3 Å². The maximum atomic E-state index is 12.4. The molecule has 1 saturated heterocycles. The molecule has 0 spiro atoms. The molecular weight excluding hydrogens is 266 g/mol. The molecule has 1 fully saturated rings. The number of carbonyl (C=O) groups excluding carboxylic acids is 1. The van der Waals surface area contributed by atoms with Crippen LogP contribution < -0.4 is 0 Å². The monoisotopic (exact) mass is 283 g/mol. The van der Waals surface area contributed by atoms with Crippen molar-refractivity contribution in [3.63, 3.8) is 0 Å². The first-order chi connectivity index (χ1) is 9.11. The zero-order chi connectivity index (χ0) is 13.8. The molecule has 1 atom stereocenters. The predicted octanol–water partition coefficient (Wildman–Crippen LogP) is 1.63. The molecule has 1 aromatic rings. The number of hydrogen-bond donors (Lipinski definition) is 1. The smallest absolute Gasteiger partial charge is 0.306 e. The number of carboxylic acid groups (broad SMARTS) is 1. The summed E-state index contributed by atoms with van der Waals surface area (Å²) in [6.07, 6.45) is 0.364. The first-order valence-electron chi connectivity index (χ1n) is 6.30. The Balaban J connectivity index is 2.05. The Hall–Kier alpha value is -1.40. The van der Waals surface area contributed by atoms with Gasteiger partial charge in [0.15, 0.2) is 0 Å². The number of hydrogen-bond acceptors (Lipinski definition) is 4. The van der Waals surface area contributed by atoms with Gasteiger partial charge in [-0.3, -0.25) is 9.59 Å². The summed E-state index contributed by atoms with van der Waals surface area (Å²) in [6, 6.07) is 1.97. The predicted molar refractivity (Wildman–Crippen MR) is 71.6 cm³/mol. The van der Waals surface area contributed by atoms with Gasteiger partial charge in [-0.05, 0) is 23.4 Å². The third kappa shape index (κ3) is 3.33. The standard InChI is InChI=1S/C13H17NO4S/c1-2-9-3-6-19-12(9)13(17)14-4-5-18-10(8-14)7-11(15)16/h3,6,10H,2,4-5,7-8H2,1H3,(H,15,16). The molecule has 1 N–H and O–H groups in total. The normalized spacial score (nSPS) is 19.4. The van der Waals surface area contributed by atoms with Gasteiger partial charge in [0, 0.05) is 13.1 Å². The summed E-state index contributed by atoms with van der Waals surface area (Å²) in [6.45, 7) is 3.30. The van der Waals surface area contributed by atoms with Crippen molar-refractivity contribution in [2.24, 2.45) is 0 Å². The SMILES string of the molecule is CCc1ccsc1C(=O)N1CCOC(CC(=O)O)C1. The number of ether oxygens (including phenoxy) is 1. The number of morpholine rings is 1. The molecule has 6 heteroatoms. The van der Waals surface area contributed by atoms with Crippen LogP contribution in [0.5, 0.6) is 0 Å². The van der Waals surface area contributed by atoms with Crippen LogP contribution in [0.3, 0.4) is 0 Å². The molecular formula is C13H17NO4S. The summed E-state index contributed by atoms with van der Waals surface area (Å²) >= 11 is 1.44. The van der Waals surface area contributed by atoms with Gasteiger partial charge in [-0.2, -0.15) is 0 Å². The molecule has 1 aliphatic rings. The fraction of sp³-hybridized carbons (Fsp3) is 0.538. The van der Waals surface area contributed by atoms with Crippen molar-refractivity contribution < 1.29 is 19.4 Å². The van der Waals surface area contributed by atoms with E-state index >= 15 is 0 Å². The van der Waals surface area contributed by atoms with Crippen LogP contribution in [0.15, 0.2) is 11.4 Å². The number of aliphatic carboxylic acids is 1. The number of amides is 1. The van der Waals surface area contributed by atoms with Gasteiger partial charge < -0.3 is 14.7 Å². The molecule has 1 aliphatic heterocycles. The Morgan fingerprint density at radius 3 is 3.05 bits per heavy atom. The maximum absolute atomic E-state index is 12.4. The minimum absolute atomic E-state index is 0.00876. The summed E-state index contributed by atoms with van der Waals surface area (Å²) < 4.78 is 5.37. The van der Waals surface area contributed by atoms with E-state index in [0.717, 1.165) is 16.9 Å². The number of thiophene rings is 1. The van der Waals surface area contributed by atoms with E-state index < -0.39 is 12.1 Å². The minimum atomic E-state index is -0.898. The number of carbonyl (C=O) groups is 2. The largest absolute Gasteiger partial charge is 0.481 e. The molecule has 1 aromatic heterocycles. The molecule has 2 rings (SSSR count). The van der Waals surface area contributed by atoms with Crippen molar-refractivity contribution in [3.05, 3.63) is 21.9 Å². The number of nitrogens with zero attached hydrogens (tertiary/aromatic N) is 1. The van der Waals surface area contributed by atoms with E-state index in [9.17, 15) is 9.59 Å². The zero-order valence-corrected chi connectivity index (χ0v) is 11.6. The van der Waals surface area contributed by atoms with Crippen molar-refractivity contribution in [2.75, 3.05) is 19.7 Å². The van der Waals surface area contributed by atoms with Crippen LogP contribution in [-0.2, 0) is 16.0 Å². The van der Waals surface area contributed by atoms with Crippen molar-refractivity contribution in [2.45, 2.75) is 25.9 Å². The molecule has 0 radical (unpaired) electrons. The fourth-order valence-electron chi connectivity index (χ4n) is 2.17. The van der Waals surface area contributed by atoms with Gasteiger partial charge >= 0.3 is 5.97 Å². The van der Waals surface area contributed by atoms with Crippen molar-refractivity contribution >= 4 is 23.2 Å². The molecule has 2 heterocycles. The molecule has 0 saturated carbocycles. The zero-order valence-electron chi connectivity index (χ0n) is 10.8. The first kappa shape index (κ1) is 14.0. The van der Waals surface area contributed by atoms with Crippen molar-refractivity contribution in [3.8, 4) is 0 Å². The summed E-state index contributed by atoms with van der Waals surface area (Å²) in [7, 11) is 0. The second kappa shape index (κ2) is 6.16. The highest BCUT2D eigenvalue weighted by atomic mass is 32.1. The van der Waals surface area contributed by atoms with Crippen molar-refractivity contribution in [1.82, 2.24) is 4.90 Å². The Morgan fingerprint density at radius 2 is 2.37 bits per heavy atom. The molecule has 5 nitrogen and oxygen atoms in total. The third-order valence-corrected chi connectivity index (χ3v) is 4.09. The molecule has 104 valence electrons.